The standard InChI is InChI=1S/C23H26O5/c1-15(2)28-21-10-8-18(13-22(21)26-5)9-11-23(25)27-14-20(24)19-12-16(3)6-7-17(19)4/h6-13,15H,14H2,1-5H3/b11-9+. The lowest BCUT2D eigenvalue weighted by molar-refractivity contribution is -0.136. The van der Waals surface area contributed by atoms with Gasteiger partial charge in [-0.1, -0.05) is 23.8 Å². The van der Waals surface area contributed by atoms with Crippen molar-refractivity contribution in [2.24, 2.45) is 0 Å². The molecule has 0 spiro atoms. The van der Waals surface area contributed by atoms with E-state index in [1.54, 1.807) is 31.4 Å². The van der Waals surface area contributed by atoms with Crippen molar-refractivity contribution in [1.82, 2.24) is 0 Å². The summed E-state index contributed by atoms with van der Waals surface area (Å²) in [6.07, 6.45) is 2.92. The summed E-state index contributed by atoms with van der Waals surface area (Å²) in [6.45, 7) is 7.34. The number of carbonyl (C=O) groups excluding carboxylic acids is 2. The molecule has 0 radical (unpaired) electrons. The van der Waals surface area contributed by atoms with Gasteiger partial charge in [0, 0.05) is 11.6 Å². The summed E-state index contributed by atoms with van der Waals surface area (Å²) in [5, 5.41) is 0. The van der Waals surface area contributed by atoms with Crippen molar-refractivity contribution in [3.63, 3.8) is 0 Å². The van der Waals surface area contributed by atoms with Crippen LogP contribution in [-0.4, -0.2) is 31.6 Å². The van der Waals surface area contributed by atoms with Crippen LogP contribution in [-0.2, 0) is 9.53 Å². The molecule has 0 aromatic heterocycles. The molecular weight excluding hydrogens is 356 g/mol. The molecule has 0 amide bonds. The van der Waals surface area contributed by atoms with Crippen molar-refractivity contribution >= 4 is 17.8 Å². The van der Waals surface area contributed by atoms with Crippen LogP contribution in [0.2, 0.25) is 0 Å². The van der Waals surface area contributed by atoms with Crippen molar-refractivity contribution in [3.8, 4) is 11.5 Å². The first-order chi connectivity index (χ1) is 13.3. The molecular formula is C23H26O5. The smallest absolute Gasteiger partial charge is 0.331 e. The zero-order chi connectivity index (χ0) is 20.7. The Kier molecular flexibility index (Phi) is 7.38. The van der Waals surface area contributed by atoms with Crippen LogP contribution in [0.15, 0.2) is 42.5 Å². The third-order valence-electron chi connectivity index (χ3n) is 4.00. The molecule has 2 aromatic carbocycles. The Morgan fingerprint density at radius 1 is 1.04 bits per heavy atom. The van der Waals surface area contributed by atoms with Crippen LogP contribution in [0, 0.1) is 13.8 Å². The fourth-order valence-corrected chi connectivity index (χ4v) is 2.60. The highest BCUT2D eigenvalue weighted by molar-refractivity contribution is 6.00. The third-order valence-corrected chi connectivity index (χ3v) is 4.00. The van der Waals surface area contributed by atoms with Gasteiger partial charge in [-0.05, 0) is 63.1 Å². The molecule has 0 fully saturated rings. The summed E-state index contributed by atoms with van der Waals surface area (Å²) in [5.41, 5.74) is 3.17. The lowest BCUT2D eigenvalue weighted by Gasteiger charge is -2.13. The molecule has 0 bridgehead atoms. The summed E-state index contributed by atoms with van der Waals surface area (Å²) >= 11 is 0. The van der Waals surface area contributed by atoms with Gasteiger partial charge in [0.15, 0.2) is 18.1 Å². The predicted octanol–water partition coefficient (Wildman–Crippen LogP) is 4.54. The SMILES string of the molecule is COc1cc(/C=C/C(=O)OCC(=O)c2cc(C)ccc2C)ccc1OC(C)C. The number of hydrogen-bond donors (Lipinski definition) is 0. The number of benzene rings is 2. The minimum atomic E-state index is -0.583. The number of esters is 1. The highest BCUT2D eigenvalue weighted by Gasteiger charge is 2.12. The van der Waals surface area contributed by atoms with Gasteiger partial charge in [0.25, 0.3) is 0 Å². The van der Waals surface area contributed by atoms with Crippen molar-refractivity contribution in [2.75, 3.05) is 13.7 Å². The van der Waals surface area contributed by atoms with E-state index in [4.69, 9.17) is 14.2 Å². The molecule has 0 N–H and O–H groups in total. The number of Topliss-reactive ketones (excluding diaryl/α,β-unsaturated/α-hetero) is 1. The first-order valence-electron chi connectivity index (χ1n) is 9.10. The number of hydrogen-bond acceptors (Lipinski definition) is 5. The zero-order valence-corrected chi connectivity index (χ0v) is 16.9. The minimum Gasteiger partial charge on any atom is -0.493 e. The number of rotatable bonds is 8. The Hall–Kier alpha value is -3.08. The van der Waals surface area contributed by atoms with Crippen molar-refractivity contribution in [1.29, 1.82) is 0 Å². The lowest BCUT2D eigenvalue weighted by atomic mass is 10.0. The molecule has 0 atom stereocenters. The maximum absolute atomic E-state index is 12.3. The van der Waals surface area contributed by atoms with Gasteiger partial charge in [-0.25, -0.2) is 4.79 Å². The van der Waals surface area contributed by atoms with Gasteiger partial charge in [-0.15, -0.1) is 0 Å². The van der Waals surface area contributed by atoms with E-state index in [0.29, 0.717) is 17.1 Å². The van der Waals surface area contributed by atoms with Crippen molar-refractivity contribution in [2.45, 2.75) is 33.8 Å². The van der Waals surface area contributed by atoms with Crippen LogP contribution in [0.4, 0.5) is 0 Å². The number of ketones is 1. The van der Waals surface area contributed by atoms with Crippen LogP contribution in [0.5, 0.6) is 11.5 Å². The number of carbonyl (C=O) groups is 2. The summed E-state index contributed by atoms with van der Waals surface area (Å²) < 4.78 is 16.1. The largest absolute Gasteiger partial charge is 0.493 e. The van der Waals surface area contributed by atoms with Crippen LogP contribution >= 0.6 is 0 Å². The van der Waals surface area contributed by atoms with E-state index in [9.17, 15) is 9.59 Å². The van der Waals surface area contributed by atoms with Crippen LogP contribution in [0.25, 0.3) is 6.08 Å². The lowest BCUT2D eigenvalue weighted by Crippen LogP contribution is -2.13. The summed E-state index contributed by atoms with van der Waals surface area (Å²) in [7, 11) is 1.56. The zero-order valence-electron chi connectivity index (χ0n) is 16.9. The van der Waals surface area contributed by atoms with Gasteiger partial charge in [0.1, 0.15) is 0 Å². The third kappa shape index (κ3) is 5.98. The molecule has 5 heteroatoms. The molecule has 5 nitrogen and oxygen atoms in total. The average molecular weight is 382 g/mol. The Morgan fingerprint density at radius 2 is 1.79 bits per heavy atom. The van der Waals surface area contributed by atoms with Gasteiger partial charge in [0.2, 0.25) is 5.78 Å². The van der Waals surface area contributed by atoms with Gasteiger partial charge in [0.05, 0.1) is 13.2 Å². The second-order valence-electron chi connectivity index (χ2n) is 6.76. The van der Waals surface area contributed by atoms with E-state index in [2.05, 4.69) is 0 Å². The Morgan fingerprint density at radius 3 is 2.46 bits per heavy atom. The molecule has 148 valence electrons. The second kappa shape index (κ2) is 9.74. The predicted molar refractivity (Wildman–Crippen MR) is 109 cm³/mol. The molecule has 2 rings (SSSR count). The molecule has 0 heterocycles. The Labute approximate surface area is 165 Å². The van der Waals surface area contributed by atoms with Gasteiger partial charge >= 0.3 is 5.97 Å². The van der Waals surface area contributed by atoms with Crippen LogP contribution in [0.3, 0.4) is 0 Å². The van der Waals surface area contributed by atoms with Gasteiger partial charge in [-0.2, -0.15) is 0 Å². The maximum atomic E-state index is 12.3. The van der Waals surface area contributed by atoms with Crippen LogP contribution in [0.1, 0.15) is 40.9 Å². The Balaban J connectivity index is 1.98. The summed E-state index contributed by atoms with van der Waals surface area (Å²) in [6, 6.07) is 11.0. The molecule has 0 aliphatic heterocycles. The van der Waals surface area contributed by atoms with E-state index < -0.39 is 5.97 Å². The minimum absolute atomic E-state index is 0.0276. The van der Waals surface area contributed by atoms with E-state index in [0.717, 1.165) is 16.7 Å². The topological polar surface area (TPSA) is 61.8 Å². The quantitative estimate of drug-likeness (QED) is 0.381. The first-order valence-corrected chi connectivity index (χ1v) is 9.10. The molecule has 0 saturated heterocycles. The second-order valence-corrected chi connectivity index (χ2v) is 6.76. The van der Waals surface area contributed by atoms with E-state index in [-0.39, 0.29) is 18.5 Å². The first kappa shape index (κ1) is 21.2. The molecule has 0 aliphatic rings. The monoisotopic (exact) mass is 382 g/mol. The van der Waals surface area contributed by atoms with Gasteiger partial charge < -0.3 is 14.2 Å². The fraction of sp³-hybridized carbons (Fsp3) is 0.304. The summed E-state index contributed by atoms with van der Waals surface area (Å²) in [4.78, 5) is 24.2. The van der Waals surface area contributed by atoms with E-state index in [1.807, 2.05) is 45.9 Å². The van der Waals surface area contributed by atoms with E-state index in [1.165, 1.54) is 6.08 Å². The number of methoxy groups -OCH3 is 1. The normalized spacial score (nSPS) is 10.9. The fourth-order valence-electron chi connectivity index (χ4n) is 2.60. The van der Waals surface area contributed by atoms with Crippen molar-refractivity contribution < 1.29 is 23.8 Å². The highest BCUT2D eigenvalue weighted by atomic mass is 16.5. The number of ether oxygens (including phenoxy) is 3. The maximum Gasteiger partial charge on any atom is 0.331 e. The molecule has 2 aromatic rings. The molecule has 0 saturated carbocycles. The van der Waals surface area contributed by atoms with Crippen LogP contribution < -0.4 is 9.47 Å². The average Bonchev–Trinajstić information content (AvgIpc) is 2.66. The molecule has 0 unspecified atom stereocenters. The van der Waals surface area contributed by atoms with Gasteiger partial charge in [-0.3, -0.25) is 4.79 Å². The molecule has 28 heavy (non-hydrogen) atoms. The summed E-state index contributed by atoms with van der Waals surface area (Å²) in [5.74, 6) is 0.408. The highest BCUT2D eigenvalue weighted by Crippen LogP contribution is 2.29. The van der Waals surface area contributed by atoms with E-state index >= 15 is 0 Å². The number of aryl methyl sites for hydroxylation is 2. The molecule has 0 aliphatic carbocycles. The van der Waals surface area contributed by atoms with Crippen molar-refractivity contribution in [3.05, 3.63) is 64.7 Å². The Bertz CT molecular complexity index is 881.